The van der Waals surface area contributed by atoms with E-state index in [0.29, 0.717) is 33.6 Å². The molecule has 0 aliphatic heterocycles. The highest BCUT2D eigenvalue weighted by Crippen LogP contribution is 2.23. The number of anilines is 1. The molecule has 7 nitrogen and oxygen atoms in total. The van der Waals surface area contributed by atoms with Crippen LogP contribution in [0.15, 0.2) is 54.6 Å². The summed E-state index contributed by atoms with van der Waals surface area (Å²) in [6.45, 7) is 4.12. The van der Waals surface area contributed by atoms with Gasteiger partial charge >= 0.3 is 5.97 Å². The molecule has 0 saturated heterocycles. The van der Waals surface area contributed by atoms with Crippen molar-refractivity contribution in [1.82, 2.24) is 10.3 Å². The fourth-order valence-electron chi connectivity index (χ4n) is 2.61. The van der Waals surface area contributed by atoms with Crippen molar-refractivity contribution in [2.45, 2.75) is 20.5 Å². The number of thiocarbonyl (C=S) groups is 1. The van der Waals surface area contributed by atoms with E-state index in [1.807, 2.05) is 30.3 Å². The third-order valence-corrected chi connectivity index (χ3v) is 5.31. The summed E-state index contributed by atoms with van der Waals surface area (Å²) in [5.74, 6) is -0.251. The number of carbonyl (C=O) groups excluding carboxylic acids is 2. The van der Waals surface area contributed by atoms with Gasteiger partial charge in [0.25, 0.3) is 5.91 Å². The lowest BCUT2D eigenvalue weighted by atomic mass is 10.2. The Morgan fingerprint density at radius 3 is 2.65 bits per heavy atom. The highest BCUT2D eigenvalue weighted by Gasteiger charge is 2.17. The van der Waals surface area contributed by atoms with E-state index >= 15 is 0 Å². The maximum atomic E-state index is 12.6. The summed E-state index contributed by atoms with van der Waals surface area (Å²) in [6.07, 6.45) is 0. The lowest BCUT2D eigenvalue weighted by Gasteiger charge is -2.10. The normalized spacial score (nSPS) is 10.3. The smallest absolute Gasteiger partial charge is 0.350 e. The second-order valence-corrected chi connectivity index (χ2v) is 7.77. The van der Waals surface area contributed by atoms with Crippen molar-refractivity contribution in [3.63, 3.8) is 0 Å². The molecule has 3 rings (SSSR count). The average molecular weight is 456 g/mol. The quantitative estimate of drug-likeness (QED) is 0.405. The maximum absolute atomic E-state index is 12.6. The van der Waals surface area contributed by atoms with Crippen LogP contribution in [0, 0.1) is 6.92 Å². The Morgan fingerprint density at radius 2 is 1.90 bits per heavy atom. The molecule has 1 aromatic heterocycles. The van der Waals surface area contributed by atoms with E-state index in [-0.39, 0.29) is 17.6 Å². The van der Waals surface area contributed by atoms with Crippen LogP contribution in [0.3, 0.4) is 0 Å². The van der Waals surface area contributed by atoms with Crippen LogP contribution in [0.2, 0.25) is 0 Å². The SMILES string of the molecule is CCOC(=O)c1sc(NC(=S)NC(=O)c2cccc(OCc3ccccc3)c2)nc1C. The standard InChI is InChI=1S/C22H21N3O4S2/c1-3-28-20(27)18-14(2)23-22(31-18)25-21(30)24-19(26)16-10-7-11-17(12-16)29-13-15-8-5-4-6-9-15/h4-12H,3,13H2,1-2H3,(H2,23,24,25,26,30). The maximum Gasteiger partial charge on any atom is 0.350 e. The average Bonchev–Trinajstić information content (AvgIpc) is 3.13. The van der Waals surface area contributed by atoms with Crippen LogP contribution < -0.4 is 15.4 Å². The molecule has 0 saturated carbocycles. The van der Waals surface area contributed by atoms with Crippen molar-refractivity contribution < 1.29 is 19.1 Å². The van der Waals surface area contributed by atoms with E-state index < -0.39 is 5.97 Å². The van der Waals surface area contributed by atoms with Gasteiger partial charge < -0.3 is 14.8 Å². The van der Waals surface area contributed by atoms with Gasteiger partial charge in [-0.3, -0.25) is 10.1 Å². The number of amides is 1. The fourth-order valence-corrected chi connectivity index (χ4v) is 3.73. The van der Waals surface area contributed by atoms with E-state index in [1.54, 1.807) is 38.1 Å². The summed E-state index contributed by atoms with van der Waals surface area (Å²) in [5, 5.41) is 5.90. The molecule has 2 aromatic carbocycles. The number of thiazole rings is 1. The highest BCUT2D eigenvalue weighted by atomic mass is 32.1. The van der Waals surface area contributed by atoms with Crippen molar-refractivity contribution in [2.75, 3.05) is 11.9 Å². The summed E-state index contributed by atoms with van der Waals surface area (Å²) < 4.78 is 10.8. The molecule has 0 fully saturated rings. The Hall–Kier alpha value is -3.30. The molecule has 160 valence electrons. The zero-order valence-corrected chi connectivity index (χ0v) is 18.6. The van der Waals surface area contributed by atoms with E-state index in [9.17, 15) is 9.59 Å². The monoisotopic (exact) mass is 455 g/mol. The van der Waals surface area contributed by atoms with Crippen LogP contribution in [0.25, 0.3) is 0 Å². The number of aryl methyl sites for hydroxylation is 1. The number of esters is 1. The van der Waals surface area contributed by atoms with Crippen molar-refractivity contribution in [1.29, 1.82) is 0 Å². The zero-order valence-electron chi connectivity index (χ0n) is 17.0. The van der Waals surface area contributed by atoms with E-state index in [0.717, 1.165) is 16.9 Å². The van der Waals surface area contributed by atoms with Gasteiger partial charge in [-0.05, 0) is 49.8 Å². The Balaban J connectivity index is 1.58. The third kappa shape index (κ3) is 6.34. The van der Waals surface area contributed by atoms with E-state index in [4.69, 9.17) is 21.7 Å². The Kier molecular flexibility index (Phi) is 7.69. The minimum atomic E-state index is -0.437. The molecule has 0 bridgehead atoms. The molecule has 2 N–H and O–H groups in total. The molecule has 1 heterocycles. The fraction of sp³-hybridized carbons (Fsp3) is 0.182. The second-order valence-electron chi connectivity index (χ2n) is 6.36. The first-order valence-electron chi connectivity index (χ1n) is 9.50. The van der Waals surface area contributed by atoms with Gasteiger partial charge in [-0.2, -0.15) is 0 Å². The van der Waals surface area contributed by atoms with Crippen LogP contribution in [-0.2, 0) is 11.3 Å². The number of rotatable bonds is 7. The molecule has 0 aliphatic rings. The molecular weight excluding hydrogens is 434 g/mol. The van der Waals surface area contributed by atoms with Gasteiger partial charge in [-0.1, -0.05) is 47.7 Å². The van der Waals surface area contributed by atoms with Gasteiger partial charge in [0.05, 0.1) is 12.3 Å². The van der Waals surface area contributed by atoms with E-state index in [1.165, 1.54) is 0 Å². The summed E-state index contributed by atoms with van der Waals surface area (Å²) >= 11 is 6.32. The number of aromatic nitrogens is 1. The minimum Gasteiger partial charge on any atom is -0.489 e. The van der Waals surface area contributed by atoms with Crippen LogP contribution in [0.4, 0.5) is 5.13 Å². The topological polar surface area (TPSA) is 89.6 Å². The first kappa shape index (κ1) is 22.4. The number of nitrogens with one attached hydrogen (secondary N) is 2. The Bertz CT molecular complexity index is 1080. The number of nitrogens with zero attached hydrogens (tertiary/aromatic N) is 1. The Morgan fingerprint density at radius 1 is 1.13 bits per heavy atom. The van der Waals surface area contributed by atoms with Gasteiger partial charge in [0.1, 0.15) is 17.2 Å². The highest BCUT2D eigenvalue weighted by molar-refractivity contribution is 7.80. The van der Waals surface area contributed by atoms with Crippen molar-refractivity contribution in [3.8, 4) is 5.75 Å². The van der Waals surface area contributed by atoms with Gasteiger partial charge in [0, 0.05) is 5.56 Å². The number of ether oxygens (including phenoxy) is 2. The number of benzene rings is 2. The van der Waals surface area contributed by atoms with E-state index in [2.05, 4.69) is 15.6 Å². The van der Waals surface area contributed by atoms with Crippen LogP contribution in [-0.4, -0.2) is 28.6 Å². The summed E-state index contributed by atoms with van der Waals surface area (Å²) in [7, 11) is 0. The van der Waals surface area contributed by atoms with Crippen molar-refractivity contribution in [2.24, 2.45) is 0 Å². The van der Waals surface area contributed by atoms with Crippen LogP contribution in [0.5, 0.6) is 5.75 Å². The second kappa shape index (κ2) is 10.6. The lowest BCUT2D eigenvalue weighted by Crippen LogP contribution is -2.34. The lowest BCUT2D eigenvalue weighted by molar-refractivity contribution is 0.0531. The molecule has 0 spiro atoms. The summed E-state index contributed by atoms with van der Waals surface area (Å²) in [4.78, 5) is 29.1. The van der Waals surface area contributed by atoms with Crippen molar-refractivity contribution in [3.05, 3.63) is 76.3 Å². The zero-order chi connectivity index (χ0) is 22.2. The van der Waals surface area contributed by atoms with Gasteiger partial charge in [0.15, 0.2) is 10.2 Å². The number of hydrogen-bond acceptors (Lipinski definition) is 7. The van der Waals surface area contributed by atoms with Gasteiger partial charge in [-0.25, -0.2) is 9.78 Å². The number of carbonyl (C=O) groups is 2. The molecule has 31 heavy (non-hydrogen) atoms. The molecular formula is C22H21N3O4S2. The molecule has 0 radical (unpaired) electrons. The largest absolute Gasteiger partial charge is 0.489 e. The summed E-state index contributed by atoms with van der Waals surface area (Å²) in [6, 6.07) is 16.6. The number of hydrogen-bond donors (Lipinski definition) is 2. The molecule has 0 unspecified atom stereocenters. The predicted molar refractivity (Wildman–Crippen MR) is 124 cm³/mol. The molecule has 0 atom stereocenters. The predicted octanol–water partition coefficient (Wildman–Crippen LogP) is 4.33. The van der Waals surface area contributed by atoms with Crippen LogP contribution >= 0.6 is 23.6 Å². The third-order valence-electron chi connectivity index (χ3n) is 4.05. The van der Waals surface area contributed by atoms with Gasteiger partial charge in [-0.15, -0.1) is 0 Å². The first-order valence-corrected chi connectivity index (χ1v) is 10.7. The first-order chi connectivity index (χ1) is 15.0. The molecule has 1 amide bonds. The van der Waals surface area contributed by atoms with Crippen molar-refractivity contribution >= 4 is 45.7 Å². The molecule has 3 aromatic rings. The molecule has 0 aliphatic carbocycles. The van der Waals surface area contributed by atoms with Crippen LogP contribution in [0.1, 0.15) is 38.2 Å². The minimum absolute atomic E-state index is 0.0739. The molecule has 9 heteroatoms. The van der Waals surface area contributed by atoms with Gasteiger partial charge in [0.2, 0.25) is 0 Å². The summed E-state index contributed by atoms with van der Waals surface area (Å²) in [5.41, 5.74) is 1.96. The Labute approximate surface area is 189 Å².